The van der Waals surface area contributed by atoms with E-state index in [0.717, 1.165) is 17.7 Å². The van der Waals surface area contributed by atoms with Crippen LogP contribution in [0.5, 0.6) is 5.75 Å². The molecule has 1 N–H and O–H groups in total. The second-order valence-electron chi connectivity index (χ2n) is 5.84. The van der Waals surface area contributed by atoms with Crippen LogP contribution >= 0.6 is 0 Å². The number of hydrazone groups is 1. The van der Waals surface area contributed by atoms with Gasteiger partial charge >= 0.3 is 0 Å². The van der Waals surface area contributed by atoms with Crippen LogP contribution in [-0.4, -0.2) is 23.3 Å². The van der Waals surface area contributed by atoms with Gasteiger partial charge in [0.2, 0.25) is 0 Å². The van der Waals surface area contributed by atoms with Gasteiger partial charge in [-0.15, -0.1) is 0 Å². The van der Waals surface area contributed by atoms with Gasteiger partial charge in [0.15, 0.2) is 0 Å². The number of aromatic nitrogens is 1. The number of carbonyl (C=O) groups is 1. The molecule has 0 unspecified atom stereocenters. The minimum Gasteiger partial charge on any atom is -0.494 e. The monoisotopic (exact) mass is 341 g/mol. The molecule has 0 spiro atoms. The Morgan fingerprint density at radius 1 is 1.28 bits per heavy atom. The maximum atomic E-state index is 12.2. The molecule has 0 bridgehead atoms. The van der Waals surface area contributed by atoms with Gasteiger partial charge in [-0.25, -0.2) is 5.43 Å². The lowest BCUT2D eigenvalue weighted by Gasteiger charge is -2.10. The first kappa shape index (κ1) is 18.4. The van der Waals surface area contributed by atoms with Gasteiger partial charge in [-0.05, 0) is 62.2 Å². The van der Waals surface area contributed by atoms with E-state index in [1.807, 2.05) is 45.0 Å². The van der Waals surface area contributed by atoms with Crippen LogP contribution in [0.15, 0.2) is 52.5 Å². The molecule has 0 saturated carbocycles. The van der Waals surface area contributed by atoms with Crippen LogP contribution in [0.25, 0.3) is 0 Å². The SMILES string of the molecule is CCCOc1ccc(/C=N\NC(=O)c2cccn(C(C)C)c2=O)cc1. The molecular weight excluding hydrogens is 318 g/mol. The lowest BCUT2D eigenvalue weighted by molar-refractivity contribution is 0.0953. The molecule has 0 saturated heterocycles. The van der Waals surface area contributed by atoms with Crippen molar-refractivity contribution in [2.45, 2.75) is 33.2 Å². The second-order valence-corrected chi connectivity index (χ2v) is 5.84. The van der Waals surface area contributed by atoms with Crippen molar-refractivity contribution in [3.05, 3.63) is 64.1 Å². The first-order valence-electron chi connectivity index (χ1n) is 8.30. The first-order chi connectivity index (χ1) is 12.0. The number of nitrogens with one attached hydrogen (secondary N) is 1. The standard InChI is InChI=1S/C19H23N3O3/c1-4-12-25-16-9-7-15(8-10-16)13-20-21-18(23)17-6-5-11-22(14(2)3)19(17)24/h5-11,13-14H,4,12H2,1-3H3,(H,21,23)/b20-13-. The molecule has 0 atom stereocenters. The molecular formula is C19H23N3O3. The summed E-state index contributed by atoms with van der Waals surface area (Å²) in [5.41, 5.74) is 2.94. The first-order valence-corrected chi connectivity index (χ1v) is 8.30. The Bertz CT molecular complexity index is 792. The van der Waals surface area contributed by atoms with E-state index in [9.17, 15) is 9.59 Å². The van der Waals surface area contributed by atoms with Crippen molar-refractivity contribution in [2.24, 2.45) is 5.10 Å². The van der Waals surface area contributed by atoms with Crippen molar-refractivity contribution in [2.75, 3.05) is 6.61 Å². The van der Waals surface area contributed by atoms with E-state index in [0.29, 0.717) is 6.61 Å². The van der Waals surface area contributed by atoms with Crippen LogP contribution in [0.2, 0.25) is 0 Å². The Morgan fingerprint density at radius 3 is 2.64 bits per heavy atom. The number of nitrogens with zero attached hydrogens (tertiary/aromatic N) is 2. The summed E-state index contributed by atoms with van der Waals surface area (Å²) in [6.45, 7) is 6.49. The number of amides is 1. The fraction of sp³-hybridized carbons (Fsp3) is 0.316. The Labute approximate surface area is 147 Å². The number of benzene rings is 1. The Kier molecular flexibility index (Phi) is 6.51. The lowest BCUT2D eigenvalue weighted by Crippen LogP contribution is -2.31. The van der Waals surface area contributed by atoms with E-state index in [1.54, 1.807) is 12.3 Å². The molecule has 6 heteroatoms. The third-order valence-corrected chi connectivity index (χ3v) is 3.51. The molecule has 1 amide bonds. The van der Waals surface area contributed by atoms with Crippen LogP contribution in [0.3, 0.4) is 0 Å². The van der Waals surface area contributed by atoms with Crippen molar-refractivity contribution in [1.82, 2.24) is 9.99 Å². The summed E-state index contributed by atoms with van der Waals surface area (Å²) in [6, 6.07) is 10.5. The zero-order chi connectivity index (χ0) is 18.2. The van der Waals surface area contributed by atoms with Crippen molar-refractivity contribution >= 4 is 12.1 Å². The molecule has 2 rings (SSSR count). The second kappa shape index (κ2) is 8.82. The van der Waals surface area contributed by atoms with Gasteiger partial charge in [0.25, 0.3) is 11.5 Å². The predicted octanol–water partition coefficient (Wildman–Crippen LogP) is 2.98. The predicted molar refractivity (Wildman–Crippen MR) is 98.4 cm³/mol. The quantitative estimate of drug-likeness (QED) is 0.621. The van der Waals surface area contributed by atoms with E-state index >= 15 is 0 Å². The van der Waals surface area contributed by atoms with Crippen LogP contribution in [0.1, 0.15) is 49.2 Å². The Hall–Kier alpha value is -2.89. The maximum absolute atomic E-state index is 12.2. The van der Waals surface area contributed by atoms with Crippen molar-refractivity contribution in [1.29, 1.82) is 0 Å². The summed E-state index contributed by atoms with van der Waals surface area (Å²) >= 11 is 0. The van der Waals surface area contributed by atoms with Gasteiger partial charge < -0.3 is 9.30 Å². The van der Waals surface area contributed by atoms with Gasteiger partial charge in [0, 0.05) is 12.2 Å². The number of hydrogen-bond donors (Lipinski definition) is 1. The van der Waals surface area contributed by atoms with Crippen molar-refractivity contribution < 1.29 is 9.53 Å². The molecule has 1 heterocycles. The molecule has 0 aliphatic heterocycles. The molecule has 1 aromatic heterocycles. The van der Waals surface area contributed by atoms with E-state index < -0.39 is 5.91 Å². The summed E-state index contributed by atoms with van der Waals surface area (Å²) in [5, 5.41) is 3.91. The molecule has 0 aliphatic carbocycles. The summed E-state index contributed by atoms with van der Waals surface area (Å²) in [6.07, 6.45) is 4.13. The van der Waals surface area contributed by atoms with Crippen LogP contribution < -0.4 is 15.7 Å². The average molecular weight is 341 g/mol. The summed E-state index contributed by atoms with van der Waals surface area (Å²) < 4.78 is 7.01. The summed E-state index contributed by atoms with van der Waals surface area (Å²) in [5.74, 6) is 0.265. The minimum absolute atomic E-state index is 0.0165. The highest BCUT2D eigenvalue weighted by molar-refractivity contribution is 5.94. The topological polar surface area (TPSA) is 72.7 Å². The third kappa shape index (κ3) is 5.04. The fourth-order valence-electron chi connectivity index (χ4n) is 2.19. The lowest BCUT2D eigenvalue weighted by atomic mass is 10.2. The van der Waals surface area contributed by atoms with Crippen molar-refractivity contribution in [3.8, 4) is 5.75 Å². The Balaban J connectivity index is 2.01. The summed E-state index contributed by atoms with van der Waals surface area (Å²) in [7, 11) is 0. The van der Waals surface area contributed by atoms with E-state index in [2.05, 4.69) is 10.5 Å². The highest BCUT2D eigenvalue weighted by atomic mass is 16.5. The van der Waals surface area contributed by atoms with E-state index in [1.165, 1.54) is 16.8 Å². The molecule has 1 aromatic carbocycles. The van der Waals surface area contributed by atoms with E-state index in [4.69, 9.17) is 4.74 Å². The molecule has 6 nitrogen and oxygen atoms in total. The number of rotatable bonds is 7. The largest absolute Gasteiger partial charge is 0.494 e. The summed E-state index contributed by atoms with van der Waals surface area (Å²) in [4.78, 5) is 24.4. The van der Waals surface area contributed by atoms with Gasteiger partial charge in [0.05, 0.1) is 12.8 Å². The van der Waals surface area contributed by atoms with Gasteiger partial charge in [0.1, 0.15) is 11.3 Å². The maximum Gasteiger partial charge on any atom is 0.276 e. The zero-order valence-electron chi connectivity index (χ0n) is 14.7. The number of ether oxygens (including phenoxy) is 1. The fourth-order valence-corrected chi connectivity index (χ4v) is 2.19. The zero-order valence-corrected chi connectivity index (χ0v) is 14.7. The number of hydrogen-bond acceptors (Lipinski definition) is 4. The van der Waals surface area contributed by atoms with Crippen LogP contribution in [-0.2, 0) is 0 Å². The molecule has 0 aliphatic rings. The molecule has 0 fully saturated rings. The van der Waals surface area contributed by atoms with Crippen molar-refractivity contribution in [3.63, 3.8) is 0 Å². The molecule has 2 aromatic rings. The highest BCUT2D eigenvalue weighted by Crippen LogP contribution is 2.11. The average Bonchev–Trinajstić information content (AvgIpc) is 2.60. The normalized spacial score (nSPS) is 11.0. The van der Waals surface area contributed by atoms with Crippen LogP contribution in [0, 0.1) is 0 Å². The van der Waals surface area contributed by atoms with E-state index in [-0.39, 0.29) is 17.2 Å². The van der Waals surface area contributed by atoms with Gasteiger partial charge in [-0.3, -0.25) is 9.59 Å². The smallest absolute Gasteiger partial charge is 0.276 e. The minimum atomic E-state index is -0.529. The number of carbonyl (C=O) groups excluding carboxylic acids is 1. The molecule has 0 radical (unpaired) electrons. The van der Waals surface area contributed by atoms with Gasteiger partial charge in [-0.2, -0.15) is 5.10 Å². The molecule has 132 valence electrons. The number of pyridine rings is 1. The third-order valence-electron chi connectivity index (χ3n) is 3.51. The Morgan fingerprint density at radius 2 is 2.00 bits per heavy atom. The van der Waals surface area contributed by atoms with Crippen LogP contribution in [0.4, 0.5) is 0 Å². The van der Waals surface area contributed by atoms with Gasteiger partial charge in [-0.1, -0.05) is 6.92 Å². The highest BCUT2D eigenvalue weighted by Gasteiger charge is 2.12. The molecule has 25 heavy (non-hydrogen) atoms.